The zero-order valence-electron chi connectivity index (χ0n) is 12.1. The van der Waals surface area contributed by atoms with Crippen LogP contribution in [0, 0.1) is 0 Å². The first-order valence-corrected chi connectivity index (χ1v) is 8.53. The van der Waals surface area contributed by atoms with Gasteiger partial charge >= 0.3 is 0 Å². The third-order valence-electron chi connectivity index (χ3n) is 4.20. The average Bonchev–Trinajstić information content (AvgIpc) is 2.70. The summed E-state index contributed by atoms with van der Waals surface area (Å²) in [7, 11) is 0. The van der Waals surface area contributed by atoms with Gasteiger partial charge in [-0.05, 0) is 46.5 Å². The van der Waals surface area contributed by atoms with Crippen LogP contribution in [0.1, 0.15) is 37.7 Å². The van der Waals surface area contributed by atoms with Gasteiger partial charge in [-0.25, -0.2) is 0 Å². The van der Waals surface area contributed by atoms with Crippen LogP contribution >= 0.6 is 15.9 Å². The van der Waals surface area contributed by atoms with Crippen molar-refractivity contribution in [1.29, 1.82) is 0 Å². The molecule has 21 heavy (non-hydrogen) atoms. The molecular formula is C16H22BrNO3. The van der Waals surface area contributed by atoms with Crippen molar-refractivity contribution in [3.8, 4) is 11.5 Å². The van der Waals surface area contributed by atoms with E-state index < -0.39 is 0 Å². The molecule has 2 N–H and O–H groups in total. The van der Waals surface area contributed by atoms with Crippen molar-refractivity contribution in [2.75, 3.05) is 13.2 Å². The number of nitrogens with one attached hydrogen (secondary N) is 1. The van der Waals surface area contributed by atoms with E-state index in [4.69, 9.17) is 9.47 Å². The Bertz CT molecular complexity index is 495. The fourth-order valence-electron chi connectivity index (χ4n) is 3.04. The lowest BCUT2D eigenvalue weighted by molar-refractivity contribution is 0.119. The molecule has 4 nitrogen and oxygen atoms in total. The maximum absolute atomic E-state index is 10.2. The molecule has 1 heterocycles. The van der Waals surface area contributed by atoms with Crippen LogP contribution in [0.3, 0.4) is 0 Å². The summed E-state index contributed by atoms with van der Waals surface area (Å²) in [5.41, 5.74) is 1.14. The van der Waals surface area contributed by atoms with Gasteiger partial charge in [-0.1, -0.05) is 19.3 Å². The molecule has 1 saturated carbocycles. The minimum atomic E-state index is -0.229. The maximum Gasteiger partial charge on any atom is 0.175 e. The molecule has 0 spiro atoms. The van der Waals surface area contributed by atoms with E-state index >= 15 is 0 Å². The highest BCUT2D eigenvalue weighted by molar-refractivity contribution is 9.10. The molecule has 2 aliphatic rings. The highest BCUT2D eigenvalue weighted by atomic mass is 79.9. The van der Waals surface area contributed by atoms with E-state index in [9.17, 15) is 5.11 Å². The molecule has 3 rings (SSSR count). The molecule has 0 amide bonds. The monoisotopic (exact) mass is 355 g/mol. The number of fused-ring (bicyclic) bond motifs is 1. The van der Waals surface area contributed by atoms with Crippen molar-refractivity contribution >= 4 is 15.9 Å². The molecule has 0 aromatic heterocycles. The molecule has 1 fully saturated rings. The van der Waals surface area contributed by atoms with Crippen molar-refractivity contribution in [1.82, 2.24) is 5.32 Å². The SMILES string of the molecule is OC1CCCCCC1NCc1cc(Br)c2c(c1)OCCO2. The number of rotatable bonds is 3. The van der Waals surface area contributed by atoms with Crippen LogP contribution in [0.15, 0.2) is 16.6 Å². The summed E-state index contributed by atoms with van der Waals surface area (Å²) < 4.78 is 12.2. The first-order chi connectivity index (χ1) is 10.2. The minimum absolute atomic E-state index is 0.194. The molecular weight excluding hydrogens is 334 g/mol. The van der Waals surface area contributed by atoms with Gasteiger partial charge in [-0.3, -0.25) is 0 Å². The summed E-state index contributed by atoms with van der Waals surface area (Å²) in [6, 6.07) is 4.28. The fraction of sp³-hybridized carbons (Fsp3) is 0.625. The Hall–Kier alpha value is -0.780. The van der Waals surface area contributed by atoms with Crippen molar-refractivity contribution in [2.45, 2.75) is 50.8 Å². The quantitative estimate of drug-likeness (QED) is 0.818. The lowest BCUT2D eigenvalue weighted by Gasteiger charge is -2.23. The summed E-state index contributed by atoms with van der Waals surface area (Å²) in [5.74, 6) is 1.59. The summed E-state index contributed by atoms with van der Waals surface area (Å²) in [6.07, 6.45) is 5.28. The summed E-state index contributed by atoms with van der Waals surface area (Å²) in [5, 5.41) is 13.7. The highest BCUT2D eigenvalue weighted by Gasteiger charge is 2.21. The molecule has 5 heteroatoms. The van der Waals surface area contributed by atoms with Gasteiger partial charge in [0.2, 0.25) is 0 Å². The molecule has 2 atom stereocenters. The van der Waals surface area contributed by atoms with Crippen LogP contribution in [0.5, 0.6) is 11.5 Å². The van der Waals surface area contributed by atoms with Gasteiger partial charge in [-0.15, -0.1) is 0 Å². The zero-order chi connectivity index (χ0) is 14.7. The lowest BCUT2D eigenvalue weighted by atomic mass is 10.1. The van der Waals surface area contributed by atoms with Gasteiger partial charge in [0.25, 0.3) is 0 Å². The maximum atomic E-state index is 10.2. The minimum Gasteiger partial charge on any atom is -0.486 e. The molecule has 0 bridgehead atoms. The smallest absolute Gasteiger partial charge is 0.175 e. The van der Waals surface area contributed by atoms with E-state index in [1.165, 1.54) is 12.8 Å². The van der Waals surface area contributed by atoms with Gasteiger partial charge in [0.15, 0.2) is 11.5 Å². The Kier molecular flexibility index (Phi) is 5.03. The van der Waals surface area contributed by atoms with E-state index in [2.05, 4.69) is 27.3 Å². The Labute approximate surface area is 134 Å². The normalized spacial score (nSPS) is 25.4. The van der Waals surface area contributed by atoms with E-state index in [1.54, 1.807) is 0 Å². The van der Waals surface area contributed by atoms with Crippen LogP contribution in [0.2, 0.25) is 0 Å². The van der Waals surface area contributed by atoms with E-state index in [-0.39, 0.29) is 12.1 Å². The van der Waals surface area contributed by atoms with Gasteiger partial charge in [0.1, 0.15) is 13.2 Å². The van der Waals surface area contributed by atoms with Gasteiger partial charge < -0.3 is 19.9 Å². The third-order valence-corrected chi connectivity index (χ3v) is 4.79. The summed E-state index contributed by atoms with van der Waals surface area (Å²) >= 11 is 3.54. The largest absolute Gasteiger partial charge is 0.486 e. The van der Waals surface area contributed by atoms with Crippen molar-refractivity contribution < 1.29 is 14.6 Å². The standard InChI is InChI=1S/C16H22BrNO3/c17-12-8-11(9-15-16(12)21-7-6-20-15)10-18-13-4-2-1-3-5-14(13)19/h8-9,13-14,18-19H,1-7,10H2. The number of hydrogen-bond acceptors (Lipinski definition) is 4. The first-order valence-electron chi connectivity index (χ1n) is 7.73. The average molecular weight is 356 g/mol. The second kappa shape index (κ2) is 6.99. The van der Waals surface area contributed by atoms with Crippen molar-refractivity contribution in [3.63, 3.8) is 0 Å². The van der Waals surface area contributed by atoms with Crippen LogP contribution in [0.25, 0.3) is 0 Å². The lowest BCUT2D eigenvalue weighted by Crippen LogP contribution is -2.38. The van der Waals surface area contributed by atoms with Gasteiger partial charge in [-0.2, -0.15) is 0 Å². The molecule has 0 radical (unpaired) electrons. The molecule has 1 aliphatic carbocycles. The molecule has 2 unspecified atom stereocenters. The second-order valence-electron chi connectivity index (χ2n) is 5.79. The molecule has 116 valence electrons. The number of aliphatic hydroxyl groups excluding tert-OH is 1. The van der Waals surface area contributed by atoms with Crippen LogP contribution in [-0.4, -0.2) is 30.5 Å². The predicted molar refractivity (Wildman–Crippen MR) is 84.9 cm³/mol. The number of halogens is 1. The molecule has 0 saturated heterocycles. The summed E-state index contributed by atoms with van der Waals surface area (Å²) in [4.78, 5) is 0. The Morgan fingerprint density at radius 2 is 1.95 bits per heavy atom. The first kappa shape index (κ1) is 15.1. The molecule has 1 aromatic rings. The van der Waals surface area contributed by atoms with Crippen LogP contribution in [-0.2, 0) is 6.54 Å². The Morgan fingerprint density at radius 1 is 1.14 bits per heavy atom. The Morgan fingerprint density at radius 3 is 2.86 bits per heavy atom. The van der Waals surface area contributed by atoms with Gasteiger partial charge in [0, 0.05) is 12.6 Å². The molecule has 1 aromatic carbocycles. The van der Waals surface area contributed by atoms with Crippen molar-refractivity contribution in [2.24, 2.45) is 0 Å². The number of benzene rings is 1. The van der Waals surface area contributed by atoms with E-state index in [0.29, 0.717) is 13.2 Å². The van der Waals surface area contributed by atoms with E-state index in [1.807, 2.05) is 6.07 Å². The third kappa shape index (κ3) is 3.71. The number of ether oxygens (including phenoxy) is 2. The van der Waals surface area contributed by atoms with Crippen LogP contribution < -0.4 is 14.8 Å². The van der Waals surface area contributed by atoms with Crippen molar-refractivity contribution in [3.05, 3.63) is 22.2 Å². The molecule has 1 aliphatic heterocycles. The zero-order valence-corrected chi connectivity index (χ0v) is 13.7. The number of aliphatic hydroxyl groups is 1. The predicted octanol–water partition coefficient (Wildman–Crippen LogP) is 3.00. The highest BCUT2D eigenvalue weighted by Crippen LogP contribution is 2.38. The fourth-order valence-corrected chi connectivity index (χ4v) is 3.65. The Balaban J connectivity index is 1.66. The van der Waals surface area contributed by atoms with E-state index in [0.717, 1.165) is 47.3 Å². The van der Waals surface area contributed by atoms with Crippen LogP contribution in [0.4, 0.5) is 0 Å². The number of hydrogen-bond donors (Lipinski definition) is 2. The topological polar surface area (TPSA) is 50.7 Å². The van der Waals surface area contributed by atoms with Gasteiger partial charge in [0.05, 0.1) is 10.6 Å². The second-order valence-corrected chi connectivity index (χ2v) is 6.65. The summed E-state index contributed by atoms with van der Waals surface area (Å²) in [6.45, 7) is 1.92.